The van der Waals surface area contributed by atoms with Crippen LogP contribution in [0.1, 0.15) is 50.5 Å². The number of aliphatic carboxylic acids is 1. The Hall–Kier alpha value is -3.41. The monoisotopic (exact) mass is 449 g/mol. The molecule has 1 fully saturated rings. The van der Waals surface area contributed by atoms with Crippen molar-refractivity contribution in [2.45, 2.75) is 57.4 Å². The van der Waals surface area contributed by atoms with Crippen LogP contribution in [0.4, 0.5) is 0 Å². The molecule has 0 aromatic heterocycles. The van der Waals surface area contributed by atoms with Gasteiger partial charge in [-0.2, -0.15) is 0 Å². The summed E-state index contributed by atoms with van der Waals surface area (Å²) < 4.78 is 5.84. The average molecular weight is 450 g/mol. The van der Waals surface area contributed by atoms with E-state index in [1.54, 1.807) is 6.08 Å². The fourth-order valence-corrected chi connectivity index (χ4v) is 3.98. The lowest BCUT2D eigenvalue weighted by molar-refractivity contribution is -0.137. The third-order valence-corrected chi connectivity index (χ3v) is 5.67. The Morgan fingerprint density at radius 2 is 1.76 bits per heavy atom. The summed E-state index contributed by atoms with van der Waals surface area (Å²) in [5.41, 5.74) is 0.874. The predicted molar refractivity (Wildman–Crippen MR) is 126 cm³/mol. The number of ether oxygens (including phenoxy) is 1. The third-order valence-electron chi connectivity index (χ3n) is 5.67. The first-order valence-electron chi connectivity index (χ1n) is 11.6. The summed E-state index contributed by atoms with van der Waals surface area (Å²) in [5, 5.41) is 8.69. The fourth-order valence-electron chi connectivity index (χ4n) is 3.98. The maximum atomic E-state index is 12.5. The topological polar surface area (TPSA) is 83.9 Å². The molecular weight excluding hydrogens is 418 g/mol. The van der Waals surface area contributed by atoms with Gasteiger partial charge < -0.3 is 14.7 Å². The van der Waals surface area contributed by atoms with Crippen LogP contribution in [0.25, 0.3) is 0 Å². The highest BCUT2D eigenvalue weighted by molar-refractivity contribution is 5.91. The number of hydrogen-bond acceptors (Lipinski definition) is 4. The fraction of sp³-hybridized carbons (Fsp3) is 0.370. The molecule has 174 valence electrons. The number of hydrogen-bond donors (Lipinski definition) is 1. The minimum Gasteiger partial charge on any atom is -0.481 e. The Labute approximate surface area is 194 Å². The first-order valence-corrected chi connectivity index (χ1v) is 11.6. The molecule has 1 amide bonds. The lowest BCUT2D eigenvalue weighted by atomic mass is 10.1. The Morgan fingerprint density at radius 1 is 1.00 bits per heavy atom. The SMILES string of the molecule is O=C(O)CCCCCCN1C(=O)CC[C@@H]1C=CC(=O)Cc1cccc(Oc2ccccc2)c1. The molecule has 1 saturated heterocycles. The molecule has 6 heteroatoms. The van der Waals surface area contributed by atoms with E-state index in [0.717, 1.165) is 37.0 Å². The van der Waals surface area contributed by atoms with Crippen molar-refractivity contribution < 1.29 is 24.2 Å². The van der Waals surface area contributed by atoms with Gasteiger partial charge in [-0.3, -0.25) is 14.4 Å². The first kappa shape index (κ1) is 24.2. The maximum absolute atomic E-state index is 12.5. The summed E-state index contributed by atoms with van der Waals surface area (Å²) in [6.45, 7) is 0.647. The second kappa shape index (κ2) is 12.6. The quantitative estimate of drug-likeness (QED) is 0.337. The highest BCUT2D eigenvalue weighted by Gasteiger charge is 2.28. The number of para-hydroxylation sites is 1. The zero-order chi connectivity index (χ0) is 23.5. The summed E-state index contributed by atoms with van der Waals surface area (Å²) >= 11 is 0. The van der Waals surface area contributed by atoms with Crippen molar-refractivity contribution in [1.29, 1.82) is 0 Å². The van der Waals surface area contributed by atoms with Crippen molar-refractivity contribution in [1.82, 2.24) is 4.90 Å². The van der Waals surface area contributed by atoms with Crippen molar-refractivity contribution in [3.63, 3.8) is 0 Å². The zero-order valence-electron chi connectivity index (χ0n) is 18.8. The second-order valence-corrected chi connectivity index (χ2v) is 8.32. The molecule has 0 saturated carbocycles. The molecule has 6 nitrogen and oxygen atoms in total. The molecule has 2 aromatic carbocycles. The van der Waals surface area contributed by atoms with Gasteiger partial charge in [0.1, 0.15) is 11.5 Å². The van der Waals surface area contributed by atoms with Gasteiger partial charge in [-0.15, -0.1) is 0 Å². The molecule has 1 heterocycles. The van der Waals surface area contributed by atoms with Gasteiger partial charge in [0.2, 0.25) is 5.91 Å². The van der Waals surface area contributed by atoms with Crippen LogP contribution in [-0.4, -0.2) is 40.3 Å². The molecule has 1 aliphatic heterocycles. The van der Waals surface area contributed by atoms with Gasteiger partial charge in [0, 0.05) is 25.8 Å². The van der Waals surface area contributed by atoms with E-state index in [2.05, 4.69) is 0 Å². The Morgan fingerprint density at radius 3 is 2.55 bits per heavy atom. The Kier molecular flexibility index (Phi) is 9.24. The van der Waals surface area contributed by atoms with Gasteiger partial charge in [-0.1, -0.05) is 49.2 Å². The van der Waals surface area contributed by atoms with Crippen LogP contribution in [0, 0.1) is 0 Å². The molecular formula is C27H31NO5. The van der Waals surface area contributed by atoms with Crippen LogP contribution < -0.4 is 4.74 Å². The minimum absolute atomic E-state index is 0.0140. The van der Waals surface area contributed by atoms with Crippen molar-refractivity contribution >= 4 is 17.7 Å². The highest BCUT2D eigenvalue weighted by Crippen LogP contribution is 2.23. The first-order chi connectivity index (χ1) is 16.0. The number of carbonyl (C=O) groups excluding carboxylic acids is 2. The maximum Gasteiger partial charge on any atom is 0.303 e. The second-order valence-electron chi connectivity index (χ2n) is 8.32. The van der Waals surface area contributed by atoms with Crippen LogP contribution in [0.2, 0.25) is 0 Å². The lowest BCUT2D eigenvalue weighted by Gasteiger charge is -2.22. The van der Waals surface area contributed by atoms with E-state index in [0.29, 0.717) is 25.1 Å². The highest BCUT2D eigenvalue weighted by atomic mass is 16.5. The molecule has 0 radical (unpaired) electrons. The van der Waals surface area contributed by atoms with Crippen LogP contribution in [0.3, 0.4) is 0 Å². The summed E-state index contributed by atoms with van der Waals surface area (Å²) in [4.78, 5) is 37.2. The van der Waals surface area contributed by atoms with E-state index in [1.807, 2.05) is 65.6 Å². The average Bonchev–Trinajstić information content (AvgIpc) is 3.15. The number of allylic oxidation sites excluding steroid dienone is 1. The molecule has 0 unspecified atom stereocenters. The van der Waals surface area contributed by atoms with Crippen molar-refractivity contribution in [3.8, 4) is 11.5 Å². The van der Waals surface area contributed by atoms with Gasteiger partial charge in [-0.25, -0.2) is 0 Å². The molecule has 3 rings (SSSR count). The van der Waals surface area contributed by atoms with E-state index >= 15 is 0 Å². The molecule has 2 aromatic rings. The van der Waals surface area contributed by atoms with Crippen LogP contribution in [0.5, 0.6) is 11.5 Å². The van der Waals surface area contributed by atoms with Gasteiger partial charge in [0.05, 0.1) is 6.04 Å². The van der Waals surface area contributed by atoms with Crippen LogP contribution in [-0.2, 0) is 20.8 Å². The summed E-state index contributed by atoms with van der Waals surface area (Å²) in [6, 6.07) is 17.0. The molecule has 0 aliphatic carbocycles. The zero-order valence-corrected chi connectivity index (χ0v) is 18.8. The molecule has 1 aliphatic rings. The summed E-state index contributed by atoms with van der Waals surface area (Å²) in [5.74, 6) is 0.767. The number of amides is 1. The molecule has 1 atom stereocenters. The van der Waals surface area contributed by atoms with Crippen molar-refractivity contribution in [2.75, 3.05) is 6.54 Å². The van der Waals surface area contributed by atoms with Gasteiger partial charge in [0.25, 0.3) is 0 Å². The Balaban J connectivity index is 1.47. The smallest absolute Gasteiger partial charge is 0.303 e. The van der Waals surface area contributed by atoms with Crippen LogP contribution >= 0.6 is 0 Å². The number of rotatable bonds is 13. The standard InChI is InChI=1S/C27H31NO5/c29-23(19-21-9-8-12-25(20-21)33-24-10-4-3-5-11-24)16-14-22-15-17-26(30)28(22)18-7-2-1-6-13-27(31)32/h3-5,8-12,14,16,20,22H,1-2,6-7,13,15,17-19H2,(H,31,32)/t22-/m0/s1. The van der Waals surface area contributed by atoms with E-state index in [-0.39, 0.29) is 30.6 Å². The van der Waals surface area contributed by atoms with E-state index in [4.69, 9.17) is 9.84 Å². The normalized spacial score (nSPS) is 15.8. The van der Waals surface area contributed by atoms with Gasteiger partial charge in [0.15, 0.2) is 5.78 Å². The number of ketones is 1. The van der Waals surface area contributed by atoms with Crippen molar-refractivity contribution in [2.24, 2.45) is 0 Å². The largest absolute Gasteiger partial charge is 0.481 e. The van der Waals surface area contributed by atoms with E-state index in [9.17, 15) is 14.4 Å². The number of likely N-dealkylation sites (tertiary alicyclic amines) is 1. The summed E-state index contributed by atoms with van der Waals surface area (Å²) in [7, 11) is 0. The number of nitrogens with zero attached hydrogens (tertiary/aromatic N) is 1. The molecule has 33 heavy (non-hydrogen) atoms. The third kappa shape index (κ3) is 8.22. The predicted octanol–water partition coefficient (Wildman–Crippen LogP) is 5.17. The van der Waals surface area contributed by atoms with E-state index in [1.165, 1.54) is 0 Å². The van der Waals surface area contributed by atoms with Gasteiger partial charge in [-0.05, 0) is 55.2 Å². The number of benzene rings is 2. The number of carboxylic acid groups (broad SMARTS) is 1. The van der Waals surface area contributed by atoms with Crippen molar-refractivity contribution in [3.05, 3.63) is 72.3 Å². The van der Waals surface area contributed by atoms with E-state index < -0.39 is 5.97 Å². The van der Waals surface area contributed by atoms with Gasteiger partial charge >= 0.3 is 5.97 Å². The molecule has 0 spiro atoms. The molecule has 1 N–H and O–H groups in total. The number of unbranched alkanes of at least 4 members (excludes halogenated alkanes) is 3. The Bertz CT molecular complexity index is 969. The lowest BCUT2D eigenvalue weighted by Crippen LogP contribution is -2.32. The van der Waals surface area contributed by atoms with Crippen LogP contribution in [0.15, 0.2) is 66.7 Å². The molecule has 0 bridgehead atoms. The minimum atomic E-state index is -0.768. The number of carbonyl (C=O) groups is 3. The summed E-state index contributed by atoms with van der Waals surface area (Å²) in [6.07, 6.45) is 8.38. The number of carboxylic acids is 1.